The Kier molecular flexibility index (Phi) is 6.79. The zero-order valence-electron chi connectivity index (χ0n) is 15.5. The zero-order valence-corrected chi connectivity index (χ0v) is 16.4. The number of anilines is 1. The molecular weight excluding hydrogens is 330 g/mol. The van der Waals surface area contributed by atoms with Gasteiger partial charge >= 0.3 is 0 Å². The van der Waals surface area contributed by atoms with E-state index in [9.17, 15) is 4.79 Å². The van der Waals surface area contributed by atoms with Crippen LogP contribution in [0.1, 0.15) is 31.7 Å². The fourth-order valence-corrected chi connectivity index (χ4v) is 5.11. The maximum Gasteiger partial charge on any atom is 0.238 e. The van der Waals surface area contributed by atoms with Gasteiger partial charge in [-0.2, -0.15) is 11.8 Å². The molecule has 4 nitrogen and oxygen atoms in total. The lowest BCUT2D eigenvalue weighted by Gasteiger charge is -2.30. The number of likely N-dealkylation sites (tertiary alicyclic amines) is 1. The largest absolute Gasteiger partial charge is 0.325 e. The molecule has 25 heavy (non-hydrogen) atoms. The molecule has 0 aromatic heterocycles. The molecule has 3 rings (SSSR count). The molecular formula is C20H31N3OS. The number of amides is 1. The SMILES string of the molecule is C[C@H]1CCCN(Cc2ccc(NC(=O)CN(C)[C@H]3CCSC3)cc2)C1. The van der Waals surface area contributed by atoms with Crippen LogP contribution >= 0.6 is 11.8 Å². The van der Waals surface area contributed by atoms with Gasteiger partial charge in [-0.1, -0.05) is 19.1 Å². The quantitative estimate of drug-likeness (QED) is 0.843. The molecule has 2 aliphatic heterocycles. The fraction of sp³-hybridized carbons (Fsp3) is 0.650. The van der Waals surface area contributed by atoms with E-state index in [1.54, 1.807) is 0 Å². The molecule has 2 aliphatic rings. The number of hydrogen-bond donors (Lipinski definition) is 1. The highest BCUT2D eigenvalue weighted by Crippen LogP contribution is 2.21. The van der Waals surface area contributed by atoms with Crippen LogP contribution < -0.4 is 5.32 Å². The standard InChI is InChI=1S/C20H31N3OS/c1-16-4-3-10-23(12-16)13-17-5-7-18(8-6-17)21-20(24)14-22(2)19-9-11-25-15-19/h5-8,16,19H,3-4,9-15H2,1-2H3,(H,21,24)/t16-,19-/m0/s1. The lowest BCUT2D eigenvalue weighted by molar-refractivity contribution is -0.117. The van der Waals surface area contributed by atoms with Crippen LogP contribution in [0.3, 0.4) is 0 Å². The number of hydrogen-bond acceptors (Lipinski definition) is 4. The second-order valence-corrected chi connectivity index (χ2v) is 8.81. The van der Waals surface area contributed by atoms with E-state index in [-0.39, 0.29) is 5.91 Å². The van der Waals surface area contributed by atoms with Gasteiger partial charge in [0.15, 0.2) is 0 Å². The number of thioether (sulfide) groups is 1. The van der Waals surface area contributed by atoms with Crippen molar-refractivity contribution in [2.24, 2.45) is 5.92 Å². The summed E-state index contributed by atoms with van der Waals surface area (Å²) in [6.45, 7) is 6.23. The average molecular weight is 362 g/mol. The molecule has 2 saturated heterocycles. The van der Waals surface area contributed by atoms with E-state index in [1.165, 1.54) is 43.7 Å². The number of rotatable bonds is 6. The molecule has 0 unspecified atom stereocenters. The summed E-state index contributed by atoms with van der Waals surface area (Å²) in [5.41, 5.74) is 2.22. The number of piperidine rings is 1. The van der Waals surface area contributed by atoms with Gasteiger partial charge in [-0.25, -0.2) is 0 Å². The highest BCUT2D eigenvalue weighted by Gasteiger charge is 2.21. The van der Waals surface area contributed by atoms with Crippen molar-refractivity contribution in [3.05, 3.63) is 29.8 Å². The van der Waals surface area contributed by atoms with Gasteiger partial charge in [0.2, 0.25) is 5.91 Å². The fourth-order valence-electron chi connectivity index (χ4n) is 3.81. The molecule has 5 heteroatoms. The third kappa shape index (κ3) is 5.73. The van der Waals surface area contributed by atoms with Crippen molar-refractivity contribution >= 4 is 23.4 Å². The average Bonchev–Trinajstić information content (AvgIpc) is 3.11. The minimum atomic E-state index is 0.0806. The molecule has 0 saturated carbocycles. The smallest absolute Gasteiger partial charge is 0.238 e. The number of nitrogens with zero attached hydrogens (tertiary/aromatic N) is 2. The summed E-state index contributed by atoms with van der Waals surface area (Å²) in [5, 5.41) is 3.03. The molecule has 2 fully saturated rings. The number of carbonyl (C=O) groups excluding carboxylic acids is 1. The summed E-state index contributed by atoms with van der Waals surface area (Å²) >= 11 is 1.98. The van der Waals surface area contributed by atoms with Crippen LogP contribution in [0.15, 0.2) is 24.3 Å². The van der Waals surface area contributed by atoms with Crippen LogP contribution in [0.5, 0.6) is 0 Å². The van der Waals surface area contributed by atoms with Gasteiger partial charge in [0.1, 0.15) is 0 Å². The Labute approximate surface area is 156 Å². The molecule has 0 spiro atoms. The number of carbonyl (C=O) groups is 1. The van der Waals surface area contributed by atoms with Crippen molar-refractivity contribution in [1.82, 2.24) is 9.80 Å². The van der Waals surface area contributed by atoms with Gasteiger partial charge in [0, 0.05) is 30.6 Å². The highest BCUT2D eigenvalue weighted by atomic mass is 32.2. The van der Waals surface area contributed by atoms with E-state index in [4.69, 9.17) is 0 Å². The maximum absolute atomic E-state index is 12.2. The topological polar surface area (TPSA) is 35.6 Å². The van der Waals surface area contributed by atoms with E-state index in [0.717, 1.165) is 23.9 Å². The Hall–Kier alpha value is -1.04. The molecule has 1 N–H and O–H groups in total. The monoisotopic (exact) mass is 361 g/mol. The predicted octanol–water partition coefficient (Wildman–Crippen LogP) is 3.29. The van der Waals surface area contributed by atoms with Crippen LogP contribution in [-0.4, -0.2) is 59.9 Å². The van der Waals surface area contributed by atoms with Crippen molar-refractivity contribution in [2.75, 3.05) is 43.5 Å². The molecule has 138 valence electrons. The normalized spacial score (nSPS) is 24.6. The summed E-state index contributed by atoms with van der Waals surface area (Å²) in [6.07, 6.45) is 3.86. The minimum Gasteiger partial charge on any atom is -0.325 e. The second kappa shape index (κ2) is 9.06. The number of benzene rings is 1. The molecule has 1 amide bonds. The third-order valence-corrected chi connectivity index (χ3v) is 6.45. The first-order chi connectivity index (χ1) is 12.1. The van der Waals surface area contributed by atoms with Crippen molar-refractivity contribution in [1.29, 1.82) is 0 Å². The van der Waals surface area contributed by atoms with Crippen LogP contribution in [0.2, 0.25) is 0 Å². The van der Waals surface area contributed by atoms with Crippen LogP contribution in [0.4, 0.5) is 5.69 Å². The van der Waals surface area contributed by atoms with Crippen LogP contribution in [0, 0.1) is 5.92 Å². The highest BCUT2D eigenvalue weighted by molar-refractivity contribution is 7.99. The molecule has 2 heterocycles. The first-order valence-electron chi connectivity index (χ1n) is 9.49. The minimum absolute atomic E-state index is 0.0806. The Balaban J connectivity index is 1.46. The molecule has 0 bridgehead atoms. The first-order valence-corrected chi connectivity index (χ1v) is 10.6. The Bertz CT molecular complexity index is 557. The van der Waals surface area contributed by atoms with E-state index < -0.39 is 0 Å². The molecule has 2 atom stereocenters. The lowest BCUT2D eigenvalue weighted by Crippen LogP contribution is -2.38. The van der Waals surface area contributed by atoms with Gasteiger partial charge in [0.05, 0.1) is 6.54 Å². The van der Waals surface area contributed by atoms with E-state index in [1.807, 2.05) is 23.9 Å². The lowest BCUT2D eigenvalue weighted by atomic mass is 10.00. The van der Waals surface area contributed by atoms with Gasteiger partial charge in [0.25, 0.3) is 0 Å². The Morgan fingerprint density at radius 3 is 2.80 bits per heavy atom. The van der Waals surface area contributed by atoms with Crippen molar-refractivity contribution in [3.63, 3.8) is 0 Å². The molecule has 0 radical (unpaired) electrons. The Morgan fingerprint density at radius 1 is 1.32 bits per heavy atom. The second-order valence-electron chi connectivity index (χ2n) is 7.66. The van der Waals surface area contributed by atoms with E-state index in [0.29, 0.717) is 12.6 Å². The van der Waals surface area contributed by atoms with Gasteiger partial charge in [-0.3, -0.25) is 14.6 Å². The van der Waals surface area contributed by atoms with Crippen molar-refractivity contribution in [2.45, 2.75) is 38.8 Å². The van der Waals surface area contributed by atoms with Crippen molar-refractivity contribution < 1.29 is 4.79 Å². The van der Waals surface area contributed by atoms with E-state index in [2.05, 4.69) is 41.2 Å². The maximum atomic E-state index is 12.2. The first kappa shape index (κ1) is 18.7. The van der Waals surface area contributed by atoms with Gasteiger partial charge in [-0.05, 0) is 62.2 Å². The summed E-state index contributed by atoms with van der Waals surface area (Å²) < 4.78 is 0. The third-order valence-electron chi connectivity index (χ3n) is 5.31. The summed E-state index contributed by atoms with van der Waals surface area (Å²) in [6, 6.07) is 8.90. The molecule has 1 aromatic carbocycles. The summed E-state index contributed by atoms with van der Waals surface area (Å²) in [4.78, 5) is 17.0. The van der Waals surface area contributed by atoms with Gasteiger partial charge in [-0.15, -0.1) is 0 Å². The van der Waals surface area contributed by atoms with E-state index >= 15 is 0 Å². The summed E-state index contributed by atoms with van der Waals surface area (Å²) in [5.74, 6) is 3.25. The van der Waals surface area contributed by atoms with Gasteiger partial charge < -0.3 is 5.32 Å². The van der Waals surface area contributed by atoms with Crippen molar-refractivity contribution in [3.8, 4) is 0 Å². The van der Waals surface area contributed by atoms with Crippen LogP contribution in [-0.2, 0) is 11.3 Å². The number of likely N-dealkylation sites (N-methyl/N-ethyl adjacent to an activating group) is 1. The Morgan fingerprint density at radius 2 is 2.12 bits per heavy atom. The number of nitrogens with one attached hydrogen (secondary N) is 1. The summed E-state index contributed by atoms with van der Waals surface area (Å²) in [7, 11) is 2.05. The zero-order chi connectivity index (χ0) is 17.6. The molecule has 1 aromatic rings. The van der Waals surface area contributed by atoms with Crippen LogP contribution in [0.25, 0.3) is 0 Å². The predicted molar refractivity (Wildman–Crippen MR) is 107 cm³/mol. The molecule has 0 aliphatic carbocycles.